The van der Waals surface area contributed by atoms with Gasteiger partial charge < -0.3 is 24.9 Å². The maximum absolute atomic E-state index is 13.2. The summed E-state index contributed by atoms with van der Waals surface area (Å²) in [7, 11) is 1.97. The van der Waals surface area contributed by atoms with Crippen LogP contribution in [0.1, 0.15) is 26.3 Å². The van der Waals surface area contributed by atoms with E-state index < -0.39 is 17.7 Å². The molecule has 0 aliphatic heterocycles. The van der Waals surface area contributed by atoms with Gasteiger partial charge in [-0.25, -0.2) is 4.79 Å². The lowest BCUT2D eigenvalue weighted by Crippen LogP contribution is -2.47. The Balaban J connectivity index is 1.59. The molecule has 32 heavy (non-hydrogen) atoms. The number of hydrogen-bond acceptors (Lipinski definition) is 3. The summed E-state index contributed by atoms with van der Waals surface area (Å²) in [5.74, 6) is -0.310. The van der Waals surface area contributed by atoms with Gasteiger partial charge in [0.2, 0.25) is 5.91 Å². The molecule has 166 valence electrons. The molecule has 0 aliphatic rings. The van der Waals surface area contributed by atoms with Crippen molar-refractivity contribution >= 4 is 39.5 Å². The highest BCUT2D eigenvalue weighted by atomic mass is 16.6. The van der Waals surface area contributed by atoms with E-state index >= 15 is 0 Å². The minimum atomic E-state index is -0.810. The van der Waals surface area contributed by atoms with Crippen LogP contribution in [0.3, 0.4) is 0 Å². The third-order valence-corrected chi connectivity index (χ3v) is 5.23. The van der Waals surface area contributed by atoms with Crippen molar-refractivity contribution < 1.29 is 14.3 Å². The zero-order valence-electron chi connectivity index (χ0n) is 18.7. The number of anilines is 1. The zero-order valence-corrected chi connectivity index (χ0v) is 18.7. The Morgan fingerprint density at radius 1 is 1.12 bits per heavy atom. The number of carbonyl (C=O) groups is 2. The Morgan fingerprint density at radius 2 is 1.91 bits per heavy atom. The monoisotopic (exact) mass is 432 g/mol. The molecule has 7 nitrogen and oxygen atoms in total. The van der Waals surface area contributed by atoms with Gasteiger partial charge in [-0.15, -0.1) is 0 Å². The Labute approximate surface area is 186 Å². The molecule has 3 N–H and O–H groups in total. The molecule has 2 heterocycles. The van der Waals surface area contributed by atoms with Gasteiger partial charge in [0.25, 0.3) is 0 Å². The van der Waals surface area contributed by atoms with Crippen molar-refractivity contribution in [3.63, 3.8) is 0 Å². The summed E-state index contributed by atoms with van der Waals surface area (Å²) >= 11 is 0. The summed E-state index contributed by atoms with van der Waals surface area (Å²) in [6.07, 6.45) is 3.55. The second kappa shape index (κ2) is 8.42. The first kappa shape index (κ1) is 21.5. The van der Waals surface area contributed by atoms with E-state index in [0.717, 1.165) is 27.4 Å². The van der Waals surface area contributed by atoms with Crippen LogP contribution in [0.4, 0.5) is 10.5 Å². The molecule has 2 aromatic heterocycles. The molecular weight excluding hydrogens is 404 g/mol. The number of nitrogens with zero attached hydrogens (tertiary/aromatic N) is 1. The first-order valence-electron chi connectivity index (χ1n) is 10.6. The van der Waals surface area contributed by atoms with Gasteiger partial charge in [0.15, 0.2) is 0 Å². The van der Waals surface area contributed by atoms with Crippen LogP contribution in [-0.4, -0.2) is 33.2 Å². The van der Waals surface area contributed by atoms with Crippen LogP contribution in [0.2, 0.25) is 0 Å². The largest absolute Gasteiger partial charge is 0.444 e. The number of fused-ring (bicyclic) bond motifs is 2. The number of aromatic nitrogens is 2. The first-order chi connectivity index (χ1) is 15.2. The number of hydrogen-bond donors (Lipinski definition) is 3. The molecule has 2 amide bonds. The molecule has 4 aromatic rings. The van der Waals surface area contributed by atoms with Crippen LogP contribution in [0.5, 0.6) is 0 Å². The summed E-state index contributed by atoms with van der Waals surface area (Å²) in [5, 5.41) is 7.79. The molecule has 2 aromatic carbocycles. The highest BCUT2D eigenvalue weighted by Crippen LogP contribution is 2.23. The number of nitrogens with one attached hydrogen (secondary N) is 3. The van der Waals surface area contributed by atoms with E-state index in [0.29, 0.717) is 12.1 Å². The van der Waals surface area contributed by atoms with Gasteiger partial charge in [-0.05, 0) is 56.0 Å². The predicted octanol–water partition coefficient (Wildman–Crippen LogP) is 4.73. The fourth-order valence-electron chi connectivity index (χ4n) is 3.82. The van der Waals surface area contributed by atoms with E-state index in [-0.39, 0.29) is 5.91 Å². The molecule has 4 rings (SSSR count). The Hall–Kier alpha value is -3.74. The fourth-order valence-corrected chi connectivity index (χ4v) is 3.82. The van der Waals surface area contributed by atoms with Gasteiger partial charge in [0, 0.05) is 48.0 Å². The van der Waals surface area contributed by atoms with Gasteiger partial charge in [0.1, 0.15) is 11.6 Å². The van der Waals surface area contributed by atoms with Crippen molar-refractivity contribution in [1.29, 1.82) is 0 Å². The molecule has 1 unspecified atom stereocenters. The minimum Gasteiger partial charge on any atom is -0.444 e. The highest BCUT2D eigenvalue weighted by Gasteiger charge is 2.26. The smallest absolute Gasteiger partial charge is 0.408 e. The van der Waals surface area contributed by atoms with E-state index in [2.05, 4.69) is 15.6 Å². The first-order valence-corrected chi connectivity index (χ1v) is 10.6. The maximum atomic E-state index is 13.2. The van der Waals surface area contributed by atoms with E-state index in [1.165, 1.54) is 0 Å². The number of ether oxygens (including phenoxy) is 1. The van der Waals surface area contributed by atoms with Gasteiger partial charge in [-0.1, -0.05) is 24.3 Å². The number of alkyl carbamates (subject to hydrolysis) is 1. The van der Waals surface area contributed by atoms with E-state index in [4.69, 9.17) is 4.74 Å². The molecule has 1 atom stereocenters. The zero-order chi connectivity index (χ0) is 22.9. The maximum Gasteiger partial charge on any atom is 0.408 e. The van der Waals surface area contributed by atoms with Crippen molar-refractivity contribution in [3.8, 4) is 0 Å². The molecule has 0 bridgehead atoms. The number of rotatable bonds is 5. The van der Waals surface area contributed by atoms with E-state index in [1.807, 2.05) is 72.5 Å². The summed E-state index contributed by atoms with van der Waals surface area (Å²) < 4.78 is 7.43. The third-order valence-electron chi connectivity index (χ3n) is 5.23. The number of para-hydroxylation sites is 1. The lowest BCUT2D eigenvalue weighted by molar-refractivity contribution is -0.118. The molecule has 0 saturated carbocycles. The van der Waals surface area contributed by atoms with Gasteiger partial charge in [0.05, 0.1) is 0 Å². The number of aryl methyl sites for hydroxylation is 1. The number of carbonyl (C=O) groups excluding carboxylic acids is 2. The number of benzene rings is 2. The SMILES string of the molecule is Cn1cc(CC(NC(=O)OC(C)(C)C)C(=O)Nc2ccc3cc[nH]c3c2)c2ccccc21. The molecule has 0 spiro atoms. The quantitative estimate of drug-likeness (QED) is 0.426. The fraction of sp³-hybridized carbons (Fsp3) is 0.280. The Morgan fingerprint density at radius 3 is 2.69 bits per heavy atom. The molecule has 0 fully saturated rings. The molecule has 0 aliphatic carbocycles. The Kier molecular flexibility index (Phi) is 5.65. The van der Waals surface area contributed by atoms with Crippen molar-refractivity contribution in [2.75, 3.05) is 5.32 Å². The van der Waals surface area contributed by atoms with Gasteiger partial charge >= 0.3 is 6.09 Å². The highest BCUT2D eigenvalue weighted by molar-refractivity contribution is 5.99. The standard InChI is InChI=1S/C25H28N4O3/c1-25(2,3)32-24(31)28-21(13-17-15-29(4)22-8-6-5-7-19(17)22)23(30)27-18-10-9-16-11-12-26-20(16)14-18/h5-12,14-15,21,26H,13H2,1-4H3,(H,27,30)(H,28,31). The summed E-state index contributed by atoms with van der Waals surface area (Å²) in [6.45, 7) is 5.37. The molecule has 7 heteroatoms. The molecule has 0 radical (unpaired) electrons. The van der Waals surface area contributed by atoms with Crippen LogP contribution < -0.4 is 10.6 Å². The number of aromatic amines is 1. The minimum absolute atomic E-state index is 0.310. The Bertz CT molecular complexity index is 1280. The van der Waals surface area contributed by atoms with Crippen molar-refractivity contribution in [1.82, 2.24) is 14.9 Å². The average molecular weight is 433 g/mol. The molecule has 0 saturated heterocycles. The van der Waals surface area contributed by atoms with Crippen molar-refractivity contribution in [2.45, 2.75) is 38.8 Å². The van der Waals surface area contributed by atoms with Crippen LogP contribution in [-0.2, 0) is 23.0 Å². The van der Waals surface area contributed by atoms with E-state index in [9.17, 15) is 9.59 Å². The summed E-state index contributed by atoms with van der Waals surface area (Å²) in [4.78, 5) is 28.9. The third kappa shape index (κ3) is 4.77. The average Bonchev–Trinajstić information content (AvgIpc) is 3.30. The van der Waals surface area contributed by atoms with Crippen molar-refractivity contribution in [2.24, 2.45) is 7.05 Å². The normalized spacial score (nSPS) is 12.6. The number of amides is 2. The summed E-state index contributed by atoms with van der Waals surface area (Å²) in [6, 6.07) is 14.8. The molecular formula is C25H28N4O3. The van der Waals surface area contributed by atoms with Crippen LogP contribution >= 0.6 is 0 Å². The number of H-pyrrole nitrogens is 1. The predicted molar refractivity (Wildman–Crippen MR) is 127 cm³/mol. The second-order valence-corrected chi connectivity index (χ2v) is 8.95. The van der Waals surface area contributed by atoms with Gasteiger partial charge in [-0.2, -0.15) is 0 Å². The second-order valence-electron chi connectivity index (χ2n) is 8.95. The lowest BCUT2D eigenvalue weighted by atomic mass is 10.0. The van der Waals surface area contributed by atoms with Crippen molar-refractivity contribution in [3.05, 3.63) is 66.5 Å². The van der Waals surface area contributed by atoms with Crippen LogP contribution in [0.25, 0.3) is 21.8 Å². The van der Waals surface area contributed by atoms with E-state index in [1.54, 1.807) is 20.8 Å². The lowest BCUT2D eigenvalue weighted by Gasteiger charge is -2.23. The van der Waals surface area contributed by atoms with Gasteiger partial charge in [-0.3, -0.25) is 4.79 Å². The van der Waals surface area contributed by atoms with Crippen LogP contribution in [0, 0.1) is 0 Å². The summed E-state index contributed by atoms with van der Waals surface area (Å²) in [5.41, 5.74) is 2.95. The van der Waals surface area contributed by atoms with Crippen LogP contribution in [0.15, 0.2) is 60.9 Å². The topological polar surface area (TPSA) is 88.2 Å².